The number of nitrogen functional groups attached to an aromatic ring is 1. The molecular weight excluding hydrogens is 385 g/mol. The van der Waals surface area contributed by atoms with Crippen molar-refractivity contribution in [2.24, 2.45) is 5.10 Å². The number of halogens is 2. The van der Waals surface area contributed by atoms with Crippen molar-refractivity contribution in [1.82, 2.24) is 15.2 Å². The highest BCUT2D eigenvalue weighted by atomic mass is 35.5. The zero-order valence-corrected chi connectivity index (χ0v) is 16.0. The number of carbonyl (C=O) groups is 1. The summed E-state index contributed by atoms with van der Waals surface area (Å²) in [7, 11) is 0. The van der Waals surface area contributed by atoms with Crippen LogP contribution in [-0.2, 0) is 6.54 Å². The lowest BCUT2D eigenvalue weighted by atomic mass is 10.2. The second-order valence-electron chi connectivity index (χ2n) is 5.90. The number of rotatable bonds is 5. The molecule has 0 radical (unpaired) electrons. The van der Waals surface area contributed by atoms with Gasteiger partial charge in [-0.2, -0.15) is 10.2 Å². The molecule has 0 aliphatic rings. The zero-order chi connectivity index (χ0) is 19.4. The van der Waals surface area contributed by atoms with Crippen LogP contribution in [0.4, 0.5) is 5.69 Å². The number of hydrogen-bond acceptors (Lipinski definition) is 4. The average molecular weight is 402 g/mol. The van der Waals surface area contributed by atoms with E-state index in [2.05, 4.69) is 15.6 Å². The van der Waals surface area contributed by atoms with Gasteiger partial charge in [-0.1, -0.05) is 35.3 Å². The maximum absolute atomic E-state index is 12.1. The molecule has 0 aliphatic carbocycles. The SMILES string of the molecule is Cc1nn(Cc2ccc(Cl)cc2)c(Cl)c1/C=N\NC(=O)c1ccc(N)cc1. The summed E-state index contributed by atoms with van der Waals surface area (Å²) in [5, 5.41) is 9.52. The van der Waals surface area contributed by atoms with Gasteiger partial charge in [0.1, 0.15) is 5.15 Å². The van der Waals surface area contributed by atoms with Crippen LogP contribution in [0.5, 0.6) is 0 Å². The van der Waals surface area contributed by atoms with Crippen molar-refractivity contribution in [3.63, 3.8) is 0 Å². The van der Waals surface area contributed by atoms with Crippen molar-refractivity contribution in [2.75, 3.05) is 5.73 Å². The highest BCUT2D eigenvalue weighted by Gasteiger charge is 2.12. The van der Waals surface area contributed by atoms with Gasteiger partial charge in [-0.25, -0.2) is 10.1 Å². The molecule has 2 aromatic carbocycles. The molecule has 6 nitrogen and oxygen atoms in total. The number of anilines is 1. The molecule has 1 aromatic heterocycles. The summed E-state index contributed by atoms with van der Waals surface area (Å²) in [6.45, 7) is 2.33. The van der Waals surface area contributed by atoms with Crippen molar-refractivity contribution in [3.8, 4) is 0 Å². The van der Waals surface area contributed by atoms with Crippen LogP contribution in [0.2, 0.25) is 10.2 Å². The summed E-state index contributed by atoms with van der Waals surface area (Å²) in [4.78, 5) is 12.1. The molecule has 27 heavy (non-hydrogen) atoms. The molecule has 0 aliphatic heterocycles. The topological polar surface area (TPSA) is 85.3 Å². The van der Waals surface area contributed by atoms with E-state index in [9.17, 15) is 4.79 Å². The summed E-state index contributed by atoms with van der Waals surface area (Å²) in [5.41, 5.74) is 11.5. The average Bonchev–Trinajstić information content (AvgIpc) is 2.91. The Morgan fingerprint density at radius 2 is 1.85 bits per heavy atom. The van der Waals surface area contributed by atoms with Crippen LogP contribution in [0.25, 0.3) is 0 Å². The van der Waals surface area contributed by atoms with E-state index in [4.69, 9.17) is 28.9 Å². The maximum atomic E-state index is 12.1. The quantitative estimate of drug-likeness (QED) is 0.386. The lowest BCUT2D eigenvalue weighted by Crippen LogP contribution is -2.17. The third-order valence-corrected chi connectivity index (χ3v) is 4.54. The van der Waals surface area contributed by atoms with Crippen molar-refractivity contribution in [2.45, 2.75) is 13.5 Å². The molecule has 1 heterocycles. The number of aryl methyl sites for hydroxylation is 1. The molecule has 8 heteroatoms. The number of hydrazone groups is 1. The molecule has 0 saturated carbocycles. The number of nitrogens with two attached hydrogens (primary N) is 1. The van der Waals surface area contributed by atoms with Gasteiger partial charge in [0.25, 0.3) is 5.91 Å². The molecule has 138 valence electrons. The first-order chi connectivity index (χ1) is 12.9. The fraction of sp³-hybridized carbons (Fsp3) is 0.105. The van der Waals surface area contributed by atoms with Gasteiger partial charge in [-0.05, 0) is 48.9 Å². The molecular formula is C19H17Cl2N5O. The van der Waals surface area contributed by atoms with E-state index in [1.165, 1.54) is 6.21 Å². The van der Waals surface area contributed by atoms with Gasteiger partial charge >= 0.3 is 0 Å². The molecule has 3 N–H and O–H groups in total. The summed E-state index contributed by atoms with van der Waals surface area (Å²) < 4.78 is 1.67. The second kappa shape index (κ2) is 8.24. The van der Waals surface area contributed by atoms with Crippen LogP contribution >= 0.6 is 23.2 Å². The smallest absolute Gasteiger partial charge is 0.271 e. The van der Waals surface area contributed by atoms with E-state index in [-0.39, 0.29) is 5.91 Å². The van der Waals surface area contributed by atoms with Gasteiger partial charge in [0.15, 0.2) is 0 Å². The predicted molar refractivity (Wildman–Crippen MR) is 108 cm³/mol. The molecule has 0 unspecified atom stereocenters. The Bertz CT molecular complexity index is 979. The Labute approximate surface area is 166 Å². The van der Waals surface area contributed by atoms with Crippen molar-refractivity contribution in [1.29, 1.82) is 0 Å². The van der Waals surface area contributed by atoms with Crippen LogP contribution in [0.1, 0.15) is 27.2 Å². The van der Waals surface area contributed by atoms with E-state index in [1.54, 1.807) is 28.9 Å². The molecule has 3 rings (SSSR count). The summed E-state index contributed by atoms with van der Waals surface area (Å²) in [5.74, 6) is -0.339. The maximum Gasteiger partial charge on any atom is 0.271 e. The number of carbonyl (C=O) groups excluding carboxylic acids is 1. The Hall–Kier alpha value is -2.83. The third-order valence-electron chi connectivity index (χ3n) is 3.89. The summed E-state index contributed by atoms with van der Waals surface area (Å²) in [6.07, 6.45) is 1.48. The number of nitrogens with one attached hydrogen (secondary N) is 1. The van der Waals surface area contributed by atoms with Gasteiger partial charge in [-0.15, -0.1) is 0 Å². The normalized spacial score (nSPS) is 11.1. The predicted octanol–water partition coefficient (Wildman–Crippen LogP) is 3.89. The Balaban J connectivity index is 1.70. The third kappa shape index (κ3) is 4.67. The monoisotopic (exact) mass is 401 g/mol. The number of aromatic nitrogens is 2. The van der Waals surface area contributed by atoms with Crippen LogP contribution < -0.4 is 11.2 Å². The fourth-order valence-electron chi connectivity index (χ4n) is 2.44. The molecule has 0 bridgehead atoms. The molecule has 0 saturated heterocycles. The lowest BCUT2D eigenvalue weighted by Gasteiger charge is -2.03. The molecule has 1 amide bonds. The minimum Gasteiger partial charge on any atom is -0.399 e. The highest BCUT2D eigenvalue weighted by Crippen LogP contribution is 2.20. The Morgan fingerprint density at radius 1 is 1.19 bits per heavy atom. The summed E-state index contributed by atoms with van der Waals surface area (Å²) in [6, 6.07) is 14.0. The van der Waals surface area contributed by atoms with Crippen molar-refractivity contribution in [3.05, 3.63) is 81.1 Å². The number of nitrogens with zero attached hydrogens (tertiary/aromatic N) is 3. The first-order valence-corrected chi connectivity index (χ1v) is 8.86. The minimum absolute atomic E-state index is 0.339. The van der Waals surface area contributed by atoms with Crippen LogP contribution in [0, 0.1) is 6.92 Å². The van der Waals surface area contributed by atoms with Gasteiger partial charge in [0.2, 0.25) is 0 Å². The van der Waals surface area contributed by atoms with Gasteiger partial charge < -0.3 is 5.73 Å². The highest BCUT2D eigenvalue weighted by molar-refractivity contribution is 6.32. The molecule has 3 aromatic rings. The second-order valence-corrected chi connectivity index (χ2v) is 6.69. The molecule has 0 atom stereocenters. The van der Waals surface area contributed by atoms with Gasteiger partial charge in [0, 0.05) is 16.3 Å². The van der Waals surface area contributed by atoms with E-state index in [1.807, 2.05) is 31.2 Å². The van der Waals surface area contributed by atoms with E-state index in [0.29, 0.717) is 39.2 Å². The fourth-order valence-corrected chi connectivity index (χ4v) is 2.84. The largest absolute Gasteiger partial charge is 0.399 e. The van der Waals surface area contributed by atoms with Crippen molar-refractivity contribution >= 4 is 41.0 Å². The van der Waals surface area contributed by atoms with Crippen LogP contribution in [-0.4, -0.2) is 21.9 Å². The zero-order valence-electron chi connectivity index (χ0n) is 14.5. The van der Waals surface area contributed by atoms with Gasteiger partial charge in [0.05, 0.1) is 24.0 Å². The Kier molecular flexibility index (Phi) is 5.78. The number of amides is 1. The molecule has 0 spiro atoms. The standard InChI is InChI=1S/C19H17Cl2N5O/c1-12-17(10-23-24-19(27)14-4-8-16(22)9-5-14)18(21)26(25-12)11-13-2-6-15(20)7-3-13/h2-10H,11,22H2,1H3,(H,24,27)/b23-10-. The van der Waals surface area contributed by atoms with E-state index < -0.39 is 0 Å². The van der Waals surface area contributed by atoms with E-state index >= 15 is 0 Å². The summed E-state index contributed by atoms with van der Waals surface area (Å²) >= 11 is 12.3. The van der Waals surface area contributed by atoms with Crippen LogP contribution in [0.15, 0.2) is 53.6 Å². The molecule has 0 fully saturated rings. The number of hydrogen-bond donors (Lipinski definition) is 2. The Morgan fingerprint density at radius 3 is 2.52 bits per heavy atom. The minimum atomic E-state index is -0.339. The lowest BCUT2D eigenvalue weighted by molar-refractivity contribution is 0.0955. The van der Waals surface area contributed by atoms with Crippen LogP contribution in [0.3, 0.4) is 0 Å². The first-order valence-electron chi connectivity index (χ1n) is 8.10. The first kappa shape index (κ1) is 18.9. The number of benzene rings is 2. The van der Waals surface area contributed by atoms with Crippen molar-refractivity contribution < 1.29 is 4.79 Å². The van der Waals surface area contributed by atoms with E-state index in [0.717, 1.165) is 5.56 Å². The van der Waals surface area contributed by atoms with Gasteiger partial charge in [-0.3, -0.25) is 4.79 Å².